The largest absolute Gasteiger partial charge is 0.313 e. The predicted octanol–water partition coefficient (Wildman–Crippen LogP) is 2.74. The number of hydrogen-bond acceptors (Lipinski definition) is 5. The van der Waals surface area contributed by atoms with E-state index in [0.717, 1.165) is 18.0 Å². The molecule has 3 rings (SSSR count). The molecule has 1 aromatic carbocycles. The van der Waals surface area contributed by atoms with Crippen LogP contribution in [0.15, 0.2) is 24.5 Å². The van der Waals surface area contributed by atoms with Gasteiger partial charge in [-0.2, -0.15) is 0 Å². The minimum atomic E-state index is -0.295. The molecule has 0 atom stereocenters. The molecule has 1 fully saturated rings. The number of rotatable bonds is 7. The average molecular weight is 301 g/mol. The summed E-state index contributed by atoms with van der Waals surface area (Å²) in [5.41, 5.74) is 1.48. The lowest BCUT2D eigenvalue weighted by molar-refractivity contribution is 0.288. The summed E-state index contributed by atoms with van der Waals surface area (Å²) < 4.78 is 13.7. The first-order valence-electron chi connectivity index (χ1n) is 7.82. The molecule has 0 unspecified atom stereocenters. The maximum atomic E-state index is 13.7. The van der Waals surface area contributed by atoms with Crippen LogP contribution in [0, 0.1) is 11.7 Å². The number of halogens is 1. The van der Waals surface area contributed by atoms with Crippen LogP contribution in [0.2, 0.25) is 0 Å². The molecule has 1 aliphatic carbocycles. The Morgan fingerprint density at radius 3 is 2.68 bits per heavy atom. The van der Waals surface area contributed by atoms with E-state index in [0.29, 0.717) is 17.9 Å². The molecule has 2 aromatic rings. The van der Waals surface area contributed by atoms with Crippen LogP contribution in [0.3, 0.4) is 0 Å². The van der Waals surface area contributed by atoms with E-state index >= 15 is 0 Å². The fraction of sp³-hybridized carbons (Fsp3) is 0.500. The van der Waals surface area contributed by atoms with E-state index < -0.39 is 0 Å². The number of nitrogens with zero attached hydrogens (tertiary/aromatic N) is 4. The van der Waals surface area contributed by atoms with Crippen molar-refractivity contribution in [2.24, 2.45) is 5.92 Å². The lowest BCUT2D eigenvalue weighted by Crippen LogP contribution is -2.18. The van der Waals surface area contributed by atoms with Crippen LogP contribution in [0.4, 0.5) is 4.39 Å². The lowest BCUT2D eigenvalue weighted by Gasteiger charge is -2.25. The molecule has 5 nitrogen and oxygen atoms in total. The molecular weight excluding hydrogens is 281 g/mol. The summed E-state index contributed by atoms with van der Waals surface area (Å²) in [7, 11) is 0. The molecule has 0 aliphatic heterocycles. The monoisotopic (exact) mass is 301 g/mol. The quantitative estimate of drug-likeness (QED) is 0.797. The summed E-state index contributed by atoms with van der Waals surface area (Å²) in [4.78, 5) is 0. The normalized spacial score (nSPS) is 14.8. The molecule has 0 spiro atoms. The minimum Gasteiger partial charge on any atom is -0.313 e. The molecule has 116 valence electrons. The van der Waals surface area contributed by atoms with Crippen molar-refractivity contribution in [1.82, 2.24) is 25.7 Å². The van der Waals surface area contributed by atoms with Gasteiger partial charge < -0.3 is 5.32 Å². The molecule has 1 heterocycles. The third-order valence-corrected chi connectivity index (χ3v) is 4.14. The van der Waals surface area contributed by atoms with Crippen molar-refractivity contribution >= 4 is 0 Å². The third kappa shape index (κ3) is 4.04. The summed E-state index contributed by atoms with van der Waals surface area (Å²) in [6, 6.07) is 4.81. The van der Waals surface area contributed by atoms with Gasteiger partial charge >= 0.3 is 0 Å². The van der Waals surface area contributed by atoms with Gasteiger partial charge in [-0.25, -0.2) is 4.39 Å². The summed E-state index contributed by atoms with van der Waals surface area (Å²) in [6.45, 7) is 1.61. The Kier molecular flexibility index (Phi) is 5.00. The highest BCUT2D eigenvalue weighted by molar-refractivity contribution is 5.55. The molecule has 1 saturated carbocycles. The first-order chi connectivity index (χ1) is 10.8. The summed E-state index contributed by atoms with van der Waals surface area (Å²) in [5.74, 6) is 0.988. The highest BCUT2D eigenvalue weighted by Crippen LogP contribution is 2.30. The van der Waals surface area contributed by atoms with Gasteiger partial charge in [0.25, 0.3) is 0 Å². The zero-order chi connectivity index (χ0) is 15.2. The van der Waals surface area contributed by atoms with E-state index in [1.165, 1.54) is 50.6 Å². The fourth-order valence-corrected chi connectivity index (χ4v) is 2.73. The Morgan fingerprint density at radius 1 is 1.14 bits per heavy atom. The van der Waals surface area contributed by atoms with E-state index in [2.05, 4.69) is 25.7 Å². The van der Waals surface area contributed by atoms with Gasteiger partial charge in [0.1, 0.15) is 5.82 Å². The fourth-order valence-electron chi connectivity index (χ4n) is 2.73. The summed E-state index contributed by atoms with van der Waals surface area (Å²) in [5, 5.41) is 18.5. The second-order valence-electron chi connectivity index (χ2n) is 5.83. The smallest absolute Gasteiger partial charge is 0.203 e. The van der Waals surface area contributed by atoms with Gasteiger partial charge in [0.2, 0.25) is 5.82 Å². The van der Waals surface area contributed by atoms with Gasteiger partial charge in [0.05, 0.1) is 0 Å². The van der Waals surface area contributed by atoms with Crippen molar-refractivity contribution in [1.29, 1.82) is 0 Å². The van der Waals surface area contributed by atoms with Gasteiger partial charge in [0.15, 0.2) is 6.33 Å². The van der Waals surface area contributed by atoms with Crippen LogP contribution in [-0.4, -0.2) is 26.9 Å². The van der Waals surface area contributed by atoms with Crippen molar-refractivity contribution in [3.05, 3.63) is 35.9 Å². The summed E-state index contributed by atoms with van der Waals surface area (Å²) in [6.07, 6.45) is 7.93. The zero-order valence-electron chi connectivity index (χ0n) is 12.5. The Hall–Kier alpha value is -1.95. The van der Waals surface area contributed by atoms with Gasteiger partial charge in [-0.05, 0) is 49.1 Å². The maximum Gasteiger partial charge on any atom is 0.203 e. The minimum absolute atomic E-state index is 0.295. The van der Waals surface area contributed by atoms with Gasteiger partial charge in [-0.3, -0.25) is 0 Å². The van der Waals surface area contributed by atoms with E-state index in [4.69, 9.17) is 0 Å². The van der Waals surface area contributed by atoms with Gasteiger partial charge in [-0.1, -0.05) is 19.3 Å². The van der Waals surface area contributed by atoms with E-state index in [-0.39, 0.29) is 5.82 Å². The molecule has 6 heteroatoms. The Labute approximate surface area is 129 Å². The van der Waals surface area contributed by atoms with E-state index in [9.17, 15) is 4.39 Å². The van der Waals surface area contributed by atoms with Crippen LogP contribution >= 0.6 is 0 Å². The van der Waals surface area contributed by atoms with E-state index in [1.807, 2.05) is 6.07 Å². The van der Waals surface area contributed by atoms with Crippen LogP contribution in [0.5, 0.6) is 0 Å². The van der Waals surface area contributed by atoms with Gasteiger partial charge in [-0.15, -0.1) is 20.4 Å². The third-order valence-electron chi connectivity index (χ3n) is 4.14. The van der Waals surface area contributed by atoms with Crippen molar-refractivity contribution in [3.8, 4) is 11.4 Å². The first-order valence-corrected chi connectivity index (χ1v) is 7.82. The Morgan fingerprint density at radius 2 is 1.95 bits per heavy atom. The second-order valence-corrected chi connectivity index (χ2v) is 5.83. The van der Waals surface area contributed by atoms with Crippen LogP contribution in [-0.2, 0) is 6.54 Å². The van der Waals surface area contributed by atoms with E-state index in [1.54, 1.807) is 0 Å². The Balaban J connectivity index is 1.53. The molecule has 22 heavy (non-hydrogen) atoms. The topological polar surface area (TPSA) is 63.6 Å². The van der Waals surface area contributed by atoms with Crippen molar-refractivity contribution < 1.29 is 4.39 Å². The Bertz CT molecular complexity index is 601. The van der Waals surface area contributed by atoms with Crippen LogP contribution < -0.4 is 5.32 Å². The molecule has 0 amide bonds. The molecule has 0 radical (unpaired) electrons. The molecule has 1 aliphatic rings. The lowest BCUT2D eigenvalue weighted by atomic mass is 9.82. The van der Waals surface area contributed by atoms with Crippen molar-refractivity contribution in [2.45, 2.75) is 38.6 Å². The van der Waals surface area contributed by atoms with Crippen molar-refractivity contribution in [2.75, 3.05) is 6.54 Å². The SMILES string of the molecule is Fc1cc(CNCCCC2CCC2)cc(-c2nncnn2)c1. The number of benzene rings is 1. The molecule has 1 N–H and O–H groups in total. The highest BCUT2D eigenvalue weighted by atomic mass is 19.1. The molecule has 0 bridgehead atoms. The predicted molar refractivity (Wildman–Crippen MR) is 81.3 cm³/mol. The van der Waals surface area contributed by atoms with Crippen LogP contribution in [0.1, 0.15) is 37.7 Å². The second kappa shape index (κ2) is 7.35. The number of aromatic nitrogens is 4. The van der Waals surface area contributed by atoms with Gasteiger partial charge in [0, 0.05) is 12.1 Å². The molecule has 0 saturated heterocycles. The highest BCUT2D eigenvalue weighted by Gasteiger charge is 2.16. The molecular formula is C16H20FN5. The molecule has 1 aromatic heterocycles. The number of nitrogens with one attached hydrogen (secondary N) is 1. The van der Waals surface area contributed by atoms with Crippen molar-refractivity contribution in [3.63, 3.8) is 0 Å². The first kappa shape index (κ1) is 15.0. The van der Waals surface area contributed by atoms with Crippen LogP contribution in [0.25, 0.3) is 11.4 Å². The zero-order valence-corrected chi connectivity index (χ0v) is 12.5. The summed E-state index contributed by atoms with van der Waals surface area (Å²) >= 11 is 0. The standard InChI is InChI=1S/C16H20FN5/c17-15-8-13(10-18-6-2-5-12-3-1-4-12)7-14(9-15)16-21-19-11-20-22-16/h7-9,11-12,18H,1-6,10H2. The maximum absolute atomic E-state index is 13.7. The average Bonchev–Trinajstić information content (AvgIpc) is 2.49. The number of hydrogen-bond donors (Lipinski definition) is 1.